The molecule has 0 saturated carbocycles. The molecular formula is C24H17ClFNO3S. The number of amides is 2. The lowest BCUT2D eigenvalue weighted by atomic mass is 10.1. The number of benzene rings is 3. The predicted molar refractivity (Wildman–Crippen MR) is 122 cm³/mol. The highest BCUT2D eigenvalue weighted by molar-refractivity contribution is 8.19. The highest BCUT2D eigenvalue weighted by Gasteiger charge is 2.36. The lowest BCUT2D eigenvalue weighted by molar-refractivity contribution is -0.113. The van der Waals surface area contributed by atoms with E-state index in [0.29, 0.717) is 17.9 Å². The molecule has 3 aromatic rings. The van der Waals surface area contributed by atoms with Crippen LogP contribution in [-0.4, -0.2) is 11.1 Å². The summed E-state index contributed by atoms with van der Waals surface area (Å²) in [4.78, 5) is 26.6. The van der Waals surface area contributed by atoms with E-state index in [1.807, 2.05) is 55.5 Å². The van der Waals surface area contributed by atoms with Crippen molar-refractivity contribution in [3.63, 3.8) is 0 Å². The van der Waals surface area contributed by atoms with Gasteiger partial charge in [0.1, 0.15) is 18.2 Å². The minimum Gasteiger partial charge on any atom is -0.488 e. The molecule has 0 atom stereocenters. The summed E-state index contributed by atoms with van der Waals surface area (Å²) in [5.74, 6) is -0.515. The Morgan fingerprint density at radius 2 is 1.81 bits per heavy atom. The van der Waals surface area contributed by atoms with E-state index in [1.165, 1.54) is 17.7 Å². The quantitative estimate of drug-likeness (QED) is 0.408. The molecule has 1 saturated heterocycles. The molecule has 1 aliphatic rings. The van der Waals surface area contributed by atoms with Crippen LogP contribution in [0.2, 0.25) is 5.02 Å². The van der Waals surface area contributed by atoms with Crippen LogP contribution >= 0.6 is 23.4 Å². The normalized spacial score (nSPS) is 15.1. The van der Waals surface area contributed by atoms with Gasteiger partial charge in [0.2, 0.25) is 0 Å². The number of anilines is 1. The number of para-hydroxylation sites is 1. The fraction of sp³-hybridized carbons (Fsp3) is 0.0833. The molecule has 0 unspecified atom stereocenters. The molecule has 3 aromatic carbocycles. The Labute approximate surface area is 188 Å². The number of nitrogens with zero attached hydrogens (tertiary/aromatic N) is 1. The van der Waals surface area contributed by atoms with Crippen LogP contribution in [0.4, 0.5) is 14.9 Å². The van der Waals surface area contributed by atoms with Crippen molar-refractivity contribution >= 4 is 46.3 Å². The molecular weight excluding hydrogens is 437 g/mol. The number of carbonyl (C=O) groups is 2. The minimum absolute atomic E-state index is 0.157. The van der Waals surface area contributed by atoms with Crippen LogP contribution in [0, 0.1) is 12.7 Å². The van der Waals surface area contributed by atoms with Crippen molar-refractivity contribution in [3.8, 4) is 5.75 Å². The van der Waals surface area contributed by atoms with Crippen LogP contribution in [-0.2, 0) is 11.4 Å². The Hall–Kier alpha value is -3.09. The largest absolute Gasteiger partial charge is 0.488 e. The maximum absolute atomic E-state index is 13.5. The lowest BCUT2D eigenvalue weighted by Gasteiger charge is -2.13. The van der Waals surface area contributed by atoms with Crippen LogP contribution in [0.15, 0.2) is 71.6 Å². The van der Waals surface area contributed by atoms with Crippen molar-refractivity contribution in [2.24, 2.45) is 0 Å². The summed E-state index contributed by atoms with van der Waals surface area (Å²) in [6.07, 6.45) is 1.63. The van der Waals surface area contributed by atoms with Crippen molar-refractivity contribution in [1.82, 2.24) is 0 Å². The average Bonchev–Trinajstić information content (AvgIpc) is 3.03. The van der Waals surface area contributed by atoms with Crippen molar-refractivity contribution in [3.05, 3.63) is 99.2 Å². The number of halogens is 2. The molecule has 0 radical (unpaired) electrons. The highest BCUT2D eigenvalue weighted by atomic mass is 35.5. The Bertz CT molecular complexity index is 1190. The molecule has 1 aliphatic heterocycles. The van der Waals surface area contributed by atoms with Gasteiger partial charge in [-0.25, -0.2) is 9.29 Å². The standard InChI is InChI=1S/C24H17ClFNO3S/c1-15-6-8-16(9-7-15)14-30-21-5-3-2-4-17(21)12-22-23(28)27(24(29)31-22)18-10-11-20(26)19(25)13-18/h2-13H,14H2,1H3/b22-12-. The molecule has 4 rings (SSSR count). The first-order valence-electron chi connectivity index (χ1n) is 9.43. The van der Waals surface area contributed by atoms with E-state index in [2.05, 4.69) is 0 Å². The Morgan fingerprint density at radius 1 is 1.06 bits per heavy atom. The number of imide groups is 1. The molecule has 0 spiro atoms. The summed E-state index contributed by atoms with van der Waals surface area (Å²) in [5, 5.41) is -0.632. The van der Waals surface area contributed by atoms with Gasteiger partial charge in [0.25, 0.3) is 11.1 Å². The Balaban J connectivity index is 1.57. The molecule has 4 nitrogen and oxygen atoms in total. The van der Waals surface area contributed by atoms with Crippen LogP contribution < -0.4 is 9.64 Å². The summed E-state index contributed by atoms with van der Waals surface area (Å²) < 4.78 is 19.4. The third-order valence-corrected chi connectivity index (χ3v) is 5.83. The molecule has 156 valence electrons. The Kier molecular flexibility index (Phi) is 6.11. The lowest BCUT2D eigenvalue weighted by Crippen LogP contribution is -2.27. The van der Waals surface area contributed by atoms with E-state index in [-0.39, 0.29) is 15.6 Å². The van der Waals surface area contributed by atoms with Gasteiger partial charge in [-0.05, 0) is 54.6 Å². The maximum Gasteiger partial charge on any atom is 0.298 e. The van der Waals surface area contributed by atoms with E-state index in [4.69, 9.17) is 16.3 Å². The van der Waals surface area contributed by atoms with Crippen molar-refractivity contribution < 1.29 is 18.7 Å². The van der Waals surface area contributed by atoms with Crippen LogP contribution in [0.25, 0.3) is 6.08 Å². The van der Waals surface area contributed by atoms with Gasteiger partial charge in [-0.3, -0.25) is 9.59 Å². The molecule has 1 fully saturated rings. The first kappa shape index (κ1) is 21.2. The van der Waals surface area contributed by atoms with Crippen LogP contribution in [0.5, 0.6) is 5.75 Å². The van der Waals surface area contributed by atoms with Crippen LogP contribution in [0.3, 0.4) is 0 Å². The predicted octanol–water partition coefficient (Wildman–Crippen LogP) is 6.61. The third kappa shape index (κ3) is 4.65. The van der Waals surface area contributed by atoms with Crippen molar-refractivity contribution in [1.29, 1.82) is 0 Å². The second-order valence-corrected chi connectivity index (χ2v) is 8.33. The molecule has 31 heavy (non-hydrogen) atoms. The zero-order valence-electron chi connectivity index (χ0n) is 16.5. The number of ether oxygens (including phenoxy) is 1. The number of carbonyl (C=O) groups excluding carboxylic acids is 2. The maximum atomic E-state index is 13.5. The number of thioether (sulfide) groups is 1. The first-order valence-corrected chi connectivity index (χ1v) is 10.6. The van der Waals surface area contributed by atoms with Gasteiger partial charge >= 0.3 is 0 Å². The van der Waals surface area contributed by atoms with Crippen LogP contribution in [0.1, 0.15) is 16.7 Å². The van der Waals surface area contributed by atoms with E-state index < -0.39 is 17.0 Å². The molecule has 0 aliphatic carbocycles. The van der Waals surface area contributed by atoms with Gasteiger partial charge in [-0.1, -0.05) is 59.6 Å². The van der Waals surface area contributed by atoms with E-state index in [0.717, 1.165) is 28.3 Å². The van der Waals surface area contributed by atoms with Gasteiger partial charge in [-0.2, -0.15) is 0 Å². The first-order chi connectivity index (χ1) is 14.9. The second-order valence-electron chi connectivity index (χ2n) is 6.93. The minimum atomic E-state index is -0.618. The van der Waals surface area contributed by atoms with Gasteiger partial charge in [0.15, 0.2) is 0 Å². The second kappa shape index (κ2) is 8.96. The topological polar surface area (TPSA) is 46.6 Å². The molecule has 0 N–H and O–H groups in total. The summed E-state index contributed by atoms with van der Waals surface area (Å²) >= 11 is 6.62. The fourth-order valence-corrected chi connectivity index (χ4v) is 4.04. The number of aryl methyl sites for hydroxylation is 1. The summed E-state index contributed by atoms with van der Waals surface area (Å²) in [6.45, 7) is 2.40. The molecule has 0 bridgehead atoms. The van der Waals surface area contributed by atoms with Gasteiger partial charge in [0.05, 0.1) is 15.6 Å². The van der Waals surface area contributed by atoms with Crippen molar-refractivity contribution in [2.75, 3.05) is 4.90 Å². The van der Waals surface area contributed by atoms with E-state index in [1.54, 1.807) is 6.08 Å². The number of rotatable bonds is 5. The zero-order valence-corrected chi connectivity index (χ0v) is 18.0. The smallest absolute Gasteiger partial charge is 0.298 e. The average molecular weight is 454 g/mol. The zero-order chi connectivity index (χ0) is 22.0. The number of hydrogen-bond acceptors (Lipinski definition) is 4. The van der Waals surface area contributed by atoms with Gasteiger partial charge in [-0.15, -0.1) is 0 Å². The van der Waals surface area contributed by atoms with E-state index >= 15 is 0 Å². The SMILES string of the molecule is Cc1ccc(COc2ccccc2/C=C2\SC(=O)N(c3ccc(F)c(Cl)c3)C2=O)cc1. The third-order valence-electron chi connectivity index (χ3n) is 4.68. The summed E-state index contributed by atoms with van der Waals surface area (Å²) in [5.41, 5.74) is 3.09. The molecule has 2 amide bonds. The van der Waals surface area contributed by atoms with Crippen molar-refractivity contribution in [2.45, 2.75) is 13.5 Å². The summed E-state index contributed by atoms with van der Waals surface area (Å²) in [7, 11) is 0. The summed E-state index contributed by atoms with van der Waals surface area (Å²) in [6, 6.07) is 19.0. The molecule has 0 aromatic heterocycles. The van der Waals surface area contributed by atoms with E-state index in [9.17, 15) is 14.0 Å². The highest BCUT2D eigenvalue weighted by Crippen LogP contribution is 2.37. The van der Waals surface area contributed by atoms with Gasteiger partial charge in [0, 0.05) is 5.56 Å². The monoisotopic (exact) mass is 453 g/mol. The fourth-order valence-electron chi connectivity index (χ4n) is 3.03. The number of hydrogen-bond donors (Lipinski definition) is 0. The Morgan fingerprint density at radius 3 is 2.55 bits per heavy atom. The van der Waals surface area contributed by atoms with Gasteiger partial charge < -0.3 is 4.74 Å². The molecule has 1 heterocycles. The molecule has 7 heteroatoms.